The maximum atomic E-state index is 12.2. The number of nitrogens with zero attached hydrogens (tertiary/aromatic N) is 1. The number of hydrogen-bond acceptors (Lipinski definition) is 2. The molecule has 18 heavy (non-hydrogen) atoms. The second kappa shape index (κ2) is 5.78. The molecule has 2 nitrogen and oxygen atoms in total. The summed E-state index contributed by atoms with van der Waals surface area (Å²) in [7, 11) is 0. The monoisotopic (exact) mass is 264 g/mol. The van der Waals surface area contributed by atoms with Crippen molar-refractivity contribution in [1.29, 1.82) is 0 Å². The van der Waals surface area contributed by atoms with Gasteiger partial charge in [0, 0.05) is 31.6 Å². The first-order chi connectivity index (χ1) is 8.49. The van der Waals surface area contributed by atoms with Gasteiger partial charge >= 0.3 is 6.18 Å². The molecule has 1 aliphatic heterocycles. The van der Waals surface area contributed by atoms with Gasteiger partial charge in [-0.15, -0.1) is 0 Å². The van der Waals surface area contributed by atoms with E-state index in [9.17, 15) is 13.2 Å². The summed E-state index contributed by atoms with van der Waals surface area (Å²) in [5.74, 6) is 0.771. The van der Waals surface area contributed by atoms with E-state index >= 15 is 0 Å². The summed E-state index contributed by atoms with van der Waals surface area (Å²) in [6.45, 7) is 4.56. The highest BCUT2D eigenvalue weighted by molar-refractivity contribution is 4.94. The molecule has 1 aliphatic carbocycles. The molecule has 1 saturated carbocycles. The Balaban J connectivity index is 1.78. The van der Waals surface area contributed by atoms with Gasteiger partial charge in [0.25, 0.3) is 0 Å². The number of alkyl halides is 3. The van der Waals surface area contributed by atoms with E-state index in [4.69, 9.17) is 0 Å². The lowest BCUT2D eigenvalue weighted by Gasteiger charge is -2.40. The minimum atomic E-state index is -4.01. The molecule has 0 aromatic carbocycles. The van der Waals surface area contributed by atoms with Crippen molar-refractivity contribution in [3.05, 3.63) is 0 Å². The minimum Gasteiger partial charge on any atom is -0.311 e. The van der Waals surface area contributed by atoms with Crippen LogP contribution in [0.3, 0.4) is 0 Å². The molecule has 2 atom stereocenters. The Kier molecular flexibility index (Phi) is 4.54. The normalized spacial score (nSPS) is 30.7. The lowest BCUT2D eigenvalue weighted by Crippen LogP contribution is -2.57. The van der Waals surface area contributed by atoms with Crippen molar-refractivity contribution in [2.24, 2.45) is 5.92 Å². The second-order valence-corrected chi connectivity index (χ2v) is 5.63. The summed E-state index contributed by atoms with van der Waals surface area (Å²) in [6.07, 6.45) is -0.851. The summed E-state index contributed by atoms with van der Waals surface area (Å²) in [5.41, 5.74) is 0. The molecule has 0 aromatic heterocycles. The molecule has 1 heterocycles. The van der Waals surface area contributed by atoms with E-state index < -0.39 is 12.6 Å². The van der Waals surface area contributed by atoms with E-state index in [1.165, 1.54) is 12.8 Å². The standard InChI is InChI=1S/C13H23F3N2/c1-2-11-8-17-12(10-4-5-10)9-18(11)7-3-6-13(14,15)16/h10-12,17H,2-9H2,1H3. The fraction of sp³-hybridized carbons (Fsp3) is 1.00. The average Bonchev–Trinajstić information content (AvgIpc) is 3.11. The van der Waals surface area contributed by atoms with E-state index in [0.717, 1.165) is 25.4 Å². The van der Waals surface area contributed by atoms with Crippen LogP contribution in [0.5, 0.6) is 0 Å². The molecule has 5 heteroatoms. The minimum absolute atomic E-state index is 0.234. The van der Waals surface area contributed by atoms with Gasteiger partial charge in [0.2, 0.25) is 0 Å². The number of rotatable bonds is 5. The van der Waals surface area contributed by atoms with Crippen molar-refractivity contribution in [3.8, 4) is 0 Å². The Morgan fingerprint density at radius 2 is 2.00 bits per heavy atom. The summed E-state index contributed by atoms with van der Waals surface area (Å²) in [4.78, 5) is 2.27. The summed E-state index contributed by atoms with van der Waals surface area (Å²) in [6, 6.07) is 0.923. The molecular weight excluding hydrogens is 241 g/mol. The second-order valence-electron chi connectivity index (χ2n) is 5.63. The molecule has 2 rings (SSSR count). The predicted molar refractivity (Wildman–Crippen MR) is 65.5 cm³/mol. The van der Waals surface area contributed by atoms with Gasteiger partial charge in [0.15, 0.2) is 0 Å². The van der Waals surface area contributed by atoms with Crippen molar-refractivity contribution in [2.45, 2.75) is 57.3 Å². The molecule has 0 spiro atoms. The zero-order valence-electron chi connectivity index (χ0n) is 11.0. The Morgan fingerprint density at radius 3 is 2.56 bits per heavy atom. The van der Waals surface area contributed by atoms with Crippen LogP contribution in [0.4, 0.5) is 13.2 Å². The van der Waals surface area contributed by atoms with Crippen LogP contribution in [-0.4, -0.2) is 42.8 Å². The highest BCUT2D eigenvalue weighted by Crippen LogP contribution is 2.34. The van der Waals surface area contributed by atoms with Crippen LogP contribution >= 0.6 is 0 Å². The predicted octanol–water partition coefficient (Wildman–Crippen LogP) is 2.79. The Labute approximate surface area is 107 Å². The summed E-state index contributed by atoms with van der Waals surface area (Å²) >= 11 is 0. The first-order valence-corrected chi connectivity index (χ1v) is 7.04. The maximum Gasteiger partial charge on any atom is 0.389 e. The van der Waals surface area contributed by atoms with Crippen LogP contribution in [0.2, 0.25) is 0 Å². The Bertz CT molecular complexity index is 263. The van der Waals surface area contributed by atoms with Crippen LogP contribution in [0, 0.1) is 5.92 Å². The first kappa shape index (κ1) is 14.1. The van der Waals surface area contributed by atoms with Gasteiger partial charge in [0.05, 0.1) is 0 Å². The Hall–Kier alpha value is -0.290. The topological polar surface area (TPSA) is 15.3 Å². The molecule has 2 unspecified atom stereocenters. The molecule has 2 fully saturated rings. The van der Waals surface area contributed by atoms with Crippen LogP contribution in [0.25, 0.3) is 0 Å². The fourth-order valence-electron chi connectivity index (χ4n) is 2.86. The number of piperazine rings is 1. The van der Waals surface area contributed by atoms with Crippen LogP contribution in [0.15, 0.2) is 0 Å². The third kappa shape index (κ3) is 4.12. The van der Waals surface area contributed by atoms with Gasteiger partial charge in [-0.1, -0.05) is 6.92 Å². The van der Waals surface area contributed by atoms with Gasteiger partial charge in [-0.25, -0.2) is 0 Å². The van der Waals surface area contributed by atoms with Crippen molar-refractivity contribution >= 4 is 0 Å². The molecule has 0 aromatic rings. The van der Waals surface area contributed by atoms with Gasteiger partial charge < -0.3 is 5.32 Å². The third-order valence-corrected chi connectivity index (χ3v) is 4.13. The molecule has 106 valence electrons. The SMILES string of the molecule is CCC1CNC(C2CC2)CN1CCCC(F)(F)F. The molecule has 0 bridgehead atoms. The zero-order chi connectivity index (χ0) is 13.2. The van der Waals surface area contributed by atoms with Crippen molar-refractivity contribution in [3.63, 3.8) is 0 Å². The van der Waals surface area contributed by atoms with Gasteiger partial charge in [0.1, 0.15) is 0 Å². The van der Waals surface area contributed by atoms with E-state index in [-0.39, 0.29) is 6.42 Å². The molecule has 0 amide bonds. The van der Waals surface area contributed by atoms with Crippen molar-refractivity contribution in [2.75, 3.05) is 19.6 Å². The number of nitrogens with one attached hydrogen (secondary N) is 1. The number of hydrogen-bond donors (Lipinski definition) is 1. The summed E-state index contributed by atoms with van der Waals surface area (Å²) in [5, 5.41) is 3.55. The Morgan fingerprint density at radius 1 is 1.28 bits per heavy atom. The lowest BCUT2D eigenvalue weighted by molar-refractivity contribution is -0.136. The summed E-state index contributed by atoms with van der Waals surface area (Å²) < 4.78 is 36.5. The quantitative estimate of drug-likeness (QED) is 0.821. The van der Waals surface area contributed by atoms with E-state index in [1.54, 1.807) is 0 Å². The van der Waals surface area contributed by atoms with Crippen molar-refractivity contribution in [1.82, 2.24) is 10.2 Å². The molecule has 1 saturated heterocycles. The fourth-order valence-corrected chi connectivity index (χ4v) is 2.86. The van der Waals surface area contributed by atoms with Gasteiger partial charge in [-0.3, -0.25) is 4.90 Å². The molecule has 1 N–H and O–H groups in total. The highest BCUT2D eigenvalue weighted by Gasteiger charge is 2.36. The van der Waals surface area contributed by atoms with E-state index in [2.05, 4.69) is 17.1 Å². The van der Waals surface area contributed by atoms with Crippen LogP contribution in [-0.2, 0) is 0 Å². The molecular formula is C13H23F3N2. The third-order valence-electron chi connectivity index (χ3n) is 4.13. The molecule has 0 radical (unpaired) electrons. The van der Waals surface area contributed by atoms with Crippen molar-refractivity contribution < 1.29 is 13.2 Å². The first-order valence-electron chi connectivity index (χ1n) is 7.04. The van der Waals surface area contributed by atoms with Gasteiger partial charge in [-0.2, -0.15) is 13.2 Å². The van der Waals surface area contributed by atoms with Crippen LogP contribution < -0.4 is 5.32 Å². The number of halogens is 3. The largest absolute Gasteiger partial charge is 0.389 e. The lowest BCUT2D eigenvalue weighted by atomic mass is 10.0. The van der Waals surface area contributed by atoms with Gasteiger partial charge in [-0.05, 0) is 38.1 Å². The smallest absolute Gasteiger partial charge is 0.311 e. The zero-order valence-corrected chi connectivity index (χ0v) is 11.0. The maximum absolute atomic E-state index is 12.2. The average molecular weight is 264 g/mol. The van der Waals surface area contributed by atoms with Crippen LogP contribution in [0.1, 0.15) is 39.0 Å². The van der Waals surface area contributed by atoms with E-state index in [0.29, 0.717) is 18.6 Å². The molecule has 2 aliphatic rings. The van der Waals surface area contributed by atoms with E-state index in [1.807, 2.05) is 0 Å². The highest BCUT2D eigenvalue weighted by atomic mass is 19.4.